The minimum Gasteiger partial charge on any atom is -0.351 e. The summed E-state index contributed by atoms with van der Waals surface area (Å²) in [7, 11) is 0. The highest BCUT2D eigenvalue weighted by Gasteiger charge is 2.06. The average molecular weight is 297 g/mol. The molecule has 2 aromatic heterocycles. The van der Waals surface area contributed by atoms with E-state index in [1.54, 1.807) is 12.3 Å². The predicted octanol–water partition coefficient (Wildman–Crippen LogP) is 1.20. The summed E-state index contributed by atoms with van der Waals surface area (Å²) in [5, 5.41) is 6.21. The zero-order valence-electron chi connectivity index (χ0n) is 8.76. The quantitative estimate of drug-likeness (QED) is 0.917. The van der Waals surface area contributed by atoms with Crippen LogP contribution in [0.3, 0.4) is 0 Å². The second-order valence-corrected chi connectivity index (χ2v) is 4.15. The van der Waals surface area contributed by atoms with E-state index in [9.17, 15) is 4.79 Å². The molecule has 17 heavy (non-hydrogen) atoms. The van der Waals surface area contributed by atoms with Crippen LogP contribution < -0.4 is 5.32 Å². The van der Waals surface area contributed by atoms with E-state index in [1.165, 1.54) is 12.5 Å². The van der Waals surface area contributed by atoms with Gasteiger partial charge in [-0.1, -0.05) is 5.16 Å². The molecule has 7 heteroatoms. The summed E-state index contributed by atoms with van der Waals surface area (Å²) < 4.78 is 5.57. The lowest BCUT2D eigenvalue weighted by molar-refractivity contribution is 0.0953. The van der Waals surface area contributed by atoms with Gasteiger partial charge in [0.2, 0.25) is 5.89 Å². The fraction of sp³-hybridized carbons (Fsp3) is 0.200. The number of amides is 1. The molecule has 0 radical (unpaired) electrons. The SMILES string of the molecule is O=C(NCCc1ncno1)c1cncc(Br)c1. The molecular weight excluding hydrogens is 288 g/mol. The van der Waals surface area contributed by atoms with Gasteiger partial charge >= 0.3 is 0 Å². The minimum absolute atomic E-state index is 0.182. The molecule has 1 amide bonds. The second kappa shape index (κ2) is 5.53. The van der Waals surface area contributed by atoms with Gasteiger partial charge in [-0.25, -0.2) is 0 Å². The fourth-order valence-corrected chi connectivity index (χ4v) is 1.59. The predicted molar refractivity (Wildman–Crippen MR) is 62.3 cm³/mol. The summed E-state index contributed by atoms with van der Waals surface area (Å²) in [6, 6.07) is 1.70. The molecule has 2 aromatic rings. The van der Waals surface area contributed by atoms with E-state index >= 15 is 0 Å². The molecule has 0 aliphatic heterocycles. The molecule has 2 rings (SSSR count). The fourth-order valence-electron chi connectivity index (χ4n) is 1.23. The number of carbonyl (C=O) groups is 1. The normalized spacial score (nSPS) is 10.2. The first-order valence-corrected chi connectivity index (χ1v) is 5.69. The average Bonchev–Trinajstić information content (AvgIpc) is 2.82. The van der Waals surface area contributed by atoms with Gasteiger partial charge in [-0.3, -0.25) is 9.78 Å². The summed E-state index contributed by atoms with van der Waals surface area (Å²) in [5.74, 6) is 0.316. The van der Waals surface area contributed by atoms with Crippen LogP contribution in [0.1, 0.15) is 16.2 Å². The second-order valence-electron chi connectivity index (χ2n) is 3.23. The van der Waals surface area contributed by atoms with E-state index in [2.05, 4.69) is 36.4 Å². The molecular formula is C10H9BrN4O2. The van der Waals surface area contributed by atoms with E-state index in [4.69, 9.17) is 4.52 Å². The van der Waals surface area contributed by atoms with E-state index in [0.717, 1.165) is 4.47 Å². The van der Waals surface area contributed by atoms with Crippen LogP contribution >= 0.6 is 15.9 Å². The van der Waals surface area contributed by atoms with E-state index < -0.39 is 0 Å². The molecule has 6 nitrogen and oxygen atoms in total. The number of halogens is 1. The Morgan fingerprint density at radius 2 is 2.35 bits per heavy atom. The van der Waals surface area contributed by atoms with Crippen molar-refractivity contribution in [2.24, 2.45) is 0 Å². The maximum absolute atomic E-state index is 11.7. The van der Waals surface area contributed by atoms with Crippen LogP contribution in [0.15, 0.2) is 33.8 Å². The van der Waals surface area contributed by atoms with Gasteiger partial charge in [0, 0.05) is 29.8 Å². The number of rotatable bonds is 4. The maximum Gasteiger partial charge on any atom is 0.252 e. The Morgan fingerprint density at radius 1 is 1.47 bits per heavy atom. The molecule has 2 heterocycles. The van der Waals surface area contributed by atoms with Gasteiger partial charge in [-0.15, -0.1) is 0 Å². The van der Waals surface area contributed by atoms with Crippen LogP contribution in [-0.4, -0.2) is 27.6 Å². The van der Waals surface area contributed by atoms with Gasteiger partial charge in [0.25, 0.3) is 5.91 Å². The molecule has 0 fully saturated rings. The standard InChI is InChI=1S/C10H9BrN4O2/c11-8-3-7(4-12-5-8)10(16)13-2-1-9-14-6-15-17-9/h3-6H,1-2H2,(H,13,16). The number of hydrogen-bond donors (Lipinski definition) is 1. The van der Waals surface area contributed by atoms with Crippen molar-refractivity contribution < 1.29 is 9.32 Å². The minimum atomic E-state index is -0.182. The van der Waals surface area contributed by atoms with Crippen LogP contribution in [0.25, 0.3) is 0 Å². The molecule has 0 saturated carbocycles. The Hall–Kier alpha value is -1.76. The molecule has 0 saturated heterocycles. The third-order valence-corrected chi connectivity index (χ3v) is 2.43. The number of aromatic nitrogens is 3. The van der Waals surface area contributed by atoms with Gasteiger partial charge in [-0.2, -0.15) is 4.98 Å². The molecule has 0 aromatic carbocycles. The number of hydrogen-bond acceptors (Lipinski definition) is 5. The van der Waals surface area contributed by atoms with Crippen molar-refractivity contribution in [3.63, 3.8) is 0 Å². The van der Waals surface area contributed by atoms with Crippen molar-refractivity contribution in [3.8, 4) is 0 Å². The largest absolute Gasteiger partial charge is 0.351 e. The first-order valence-electron chi connectivity index (χ1n) is 4.90. The van der Waals surface area contributed by atoms with E-state index in [0.29, 0.717) is 24.4 Å². The van der Waals surface area contributed by atoms with Crippen LogP contribution in [-0.2, 0) is 6.42 Å². The summed E-state index contributed by atoms with van der Waals surface area (Å²) in [5.41, 5.74) is 0.505. The topological polar surface area (TPSA) is 80.9 Å². The summed E-state index contributed by atoms with van der Waals surface area (Å²) >= 11 is 3.25. The summed E-state index contributed by atoms with van der Waals surface area (Å²) in [4.78, 5) is 19.5. The van der Waals surface area contributed by atoms with Crippen molar-refractivity contribution in [1.82, 2.24) is 20.4 Å². The van der Waals surface area contributed by atoms with Gasteiger partial charge in [-0.05, 0) is 22.0 Å². The Labute approximate surface area is 106 Å². The number of nitrogens with zero attached hydrogens (tertiary/aromatic N) is 3. The van der Waals surface area contributed by atoms with Crippen molar-refractivity contribution in [1.29, 1.82) is 0 Å². The van der Waals surface area contributed by atoms with Crippen LogP contribution in [0, 0.1) is 0 Å². The van der Waals surface area contributed by atoms with Gasteiger partial charge in [0.05, 0.1) is 5.56 Å². The molecule has 0 unspecified atom stereocenters. The Balaban J connectivity index is 1.85. The number of nitrogens with one attached hydrogen (secondary N) is 1. The highest BCUT2D eigenvalue weighted by atomic mass is 79.9. The number of pyridine rings is 1. The Kier molecular flexibility index (Phi) is 3.81. The van der Waals surface area contributed by atoms with Crippen molar-refractivity contribution in [2.75, 3.05) is 6.54 Å². The maximum atomic E-state index is 11.7. The zero-order valence-corrected chi connectivity index (χ0v) is 10.3. The lowest BCUT2D eigenvalue weighted by atomic mass is 10.2. The Bertz CT molecular complexity index is 501. The smallest absolute Gasteiger partial charge is 0.252 e. The molecule has 0 aliphatic rings. The Morgan fingerprint density at radius 3 is 3.06 bits per heavy atom. The van der Waals surface area contributed by atoms with Crippen LogP contribution in [0.5, 0.6) is 0 Å². The summed E-state index contributed by atoms with van der Waals surface area (Å²) in [6.45, 7) is 0.438. The molecule has 88 valence electrons. The molecule has 1 N–H and O–H groups in total. The van der Waals surface area contributed by atoms with Crippen LogP contribution in [0.2, 0.25) is 0 Å². The van der Waals surface area contributed by atoms with Crippen molar-refractivity contribution in [2.45, 2.75) is 6.42 Å². The van der Waals surface area contributed by atoms with Gasteiger partial charge in [0.15, 0.2) is 6.33 Å². The molecule has 0 atom stereocenters. The third-order valence-electron chi connectivity index (χ3n) is 2.00. The highest BCUT2D eigenvalue weighted by molar-refractivity contribution is 9.10. The lowest BCUT2D eigenvalue weighted by Crippen LogP contribution is -2.25. The van der Waals surface area contributed by atoms with E-state index in [-0.39, 0.29) is 5.91 Å². The number of carbonyl (C=O) groups excluding carboxylic acids is 1. The monoisotopic (exact) mass is 296 g/mol. The summed E-state index contributed by atoms with van der Waals surface area (Å²) in [6.07, 6.45) is 4.96. The van der Waals surface area contributed by atoms with Gasteiger partial charge < -0.3 is 9.84 Å². The molecule has 0 spiro atoms. The van der Waals surface area contributed by atoms with E-state index in [1.807, 2.05) is 0 Å². The first-order chi connectivity index (χ1) is 8.25. The molecule has 0 aliphatic carbocycles. The lowest BCUT2D eigenvalue weighted by Gasteiger charge is -2.03. The third kappa shape index (κ3) is 3.35. The van der Waals surface area contributed by atoms with Crippen LogP contribution in [0.4, 0.5) is 0 Å². The highest BCUT2D eigenvalue weighted by Crippen LogP contribution is 2.09. The van der Waals surface area contributed by atoms with Crippen molar-refractivity contribution in [3.05, 3.63) is 40.7 Å². The molecule has 0 bridgehead atoms. The van der Waals surface area contributed by atoms with Gasteiger partial charge in [0.1, 0.15) is 0 Å². The zero-order chi connectivity index (χ0) is 12.1. The first kappa shape index (κ1) is 11.7. The van der Waals surface area contributed by atoms with Crippen molar-refractivity contribution >= 4 is 21.8 Å².